The topological polar surface area (TPSA) is 63.5 Å². The van der Waals surface area contributed by atoms with Crippen molar-refractivity contribution in [3.05, 3.63) is 42.0 Å². The van der Waals surface area contributed by atoms with Crippen LogP contribution in [-0.2, 0) is 17.8 Å². The summed E-state index contributed by atoms with van der Waals surface area (Å²) in [5, 5.41) is 4.07. The summed E-state index contributed by atoms with van der Waals surface area (Å²) in [6.07, 6.45) is 4.06. The predicted octanol–water partition coefficient (Wildman–Crippen LogP) is 1.12. The number of fused-ring (bicyclic) bond motifs is 1. The Morgan fingerprint density at radius 2 is 2.12 bits per heavy atom. The van der Waals surface area contributed by atoms with Crippen molar-refractivity contribution >= 4 is 5.91 Å². The van der Waals surface area contributed by atoms with Crippen molar-refractivity contribution in [1.29, 1.82) is 0 Å². The third-order valence-corrected chi connectivity index (χ3v) is 5.03. The maximum Gasteiger partial charge on any atom is 0.247 e. The Balaban J connectivity index is 1.31. The summed E-state index contributed by atoms with van der Waals surface area (Å²) in [5.41, 5.74) is 2.63. The summed E-state index contributed by atoms with van der Waals surface area (Å²) in [6, 6.07) is 6.18. The van der Waals surface area contributed by atoms with Gasteiger partial charge in [-0.1, -0.05) is 12.1 Å². The molecular formula is C18H23N5O2. The fourth-order valence-electron chi connectivity index (χ4n) is 3.52. The van der Waals surface area contributed by atoms with E-state index in [0.717, 1.165) is 51.5 Å². The zero-order valence-corrected chi connectivity index (χ0v) is 14.5. The van der Waals surface area contributed by atoms with Crippen molar-refractivity contribution in [3.63, 3.8) is 0 Å². The molecule has 2 aliphatic rings. The minimum Gasteiger partial charge on any atom is -0.493 e. The Morgan fingerprint density at radius 1 is 1.28 bits per heavy atom. The van der Waals surface area contributed by atoms with Crippen LogP contribution < -0.4 is 4.74 Å². The number of carbonyl (C=O) groups excluding carboxylic acids is 1. The number of nitrogens with zero attached hydrogens (tertiary/aromatic N) is 5. The van der Waals surface area contributed by atoms with Crippen LogP contribution in [0.3, 0.4) is 0 Å². The standard InChI is InChI=1S/C18H23N5O2/c1-14(23-13-19-12-20-23)18(24)22-7-5-21(6-8-22)11-15-2-3-17-16(10-15)4-9-25-17/h2-3,10,12-14H,4-9,11H2,1H3/t14-/m1/s1. The van der Waals surface area contributed by atoms with E-state index in [-0.39, 0.29) is 11.9 Å². The van der Waals surface area contributed by atoms with Crippen molar-refractivity contribution in [2.24, 2.45) is 0 Å². The van der Waals surface area contributed by atoms with Crippen LogP contribution in [0.25, 0.3) is 0 Å². The van der Waals surface area contributed by atoms with Crippen LogP contribution >= 0.6 is 0 Å². The van der Waals surface area contributed by atoms with Gasteiger partial charge in [-0.3, -0.25) is 9.69 Å². The first kappa shape index (κ1) is 16.1. The summed E-state index contributed by atoms with van der Waals surface area (Å²) in [5.74, 6) is 1.14. The molecule has 25 heavy (non-hydrogen) atoms. The molecule has 0 saturated carbocycles. The molecule has 1 atom stereocenters. The van der Waals surface area contributed by atoms with Crippen LogP contribution in [0.2, 0.25) is 0 Å². The molecule has 0 aliphatic carbocycles. The molecule has 0 spiro atoms. The van der Waals surface area contributed by atoms with Gasteiger partial charge in [0.25, 0.3) is 0 Å². The summed E-state index contributed by atoms with van der Waals surface area (Å²) in [6.45, 7) is 6.89. The van der Waals surface area contributed by atoms with E-state index < -0.39 is 0 Å². The first-order valence-corrected chi connectivity index (χ1v) is 8.80. The first-order chi connectivity index (χ1) is 12.2. The van der Waals surface area contributed by atoms with E-state index >= 15 is 0 Å². The molecule has 4 rings (SSSR count). The molecule has 0 N–H and O–H groups in total. The van der Waals surface area contributed by atoms with Crippen molar-refractivity contribution in [2.45, 2.75) is 25.9 Å². The highest BCUT2D eigenvalue weighted by atomic mass is 16.5. The van der Waals surface area contributed by atoms with Crippen LogP contribution in [0.1, 0.15) is 24.1 Å². The zero-order chi connectivity index (χ0) is 17.2. The highest BCUT2D eigenvalue weighted by molar-refractivity contribution is 5.80. The van der Waals surface area contributed by atoms with Crippen LogP contribution in [-0.4, -0.2) is 63.3 Å². The van der Waals surface area contributed by atoms with Gasteiger partial charge in [0, 0.05) is 39.1 Å². The molecule has 2 aromatic rings. The first-order valence-electron chi connectivity index (χ1n) is 8.80. The Hall–Kier alpha value is -2.41. The molecule has 0 bridgehead atoms. The molecule has 7 heteroatoms. The lowest BCUT2D eigenvalue weighted by Crippen LogP contribution is -2.49. The number of hydrogen-bond donors (Lipinski definition) is 0. The number of piperazine rings is 1. The Kier molecular flexibility index (Phi) is 4.40. The lowest BCUT2D eigenvalue weighted by molar-refractivity contribution is -0.136. The number of aromatic nitrogens is 3. The Morgan fingerprint density at radius 3 is 2.88 bits per heavy atom. The SMILES string of the molecule is C[C@H](C(=O)N1CCN(Cc2ccc3c(c2)CCO3)CC1)n1cncn1. The molecule has 2 aliphatic heterocycles. The van der Waals surface area contributed by atoms with E-state index in [9.17, 15) is 4.79 Å². The second-order valence-corrected chi connectivity index (χ2v) is 6.69. The quantitative estimate of drug-likeness (QED) is 0.834. The number of carbonyl (C=O) groups is 1. The van der Waals surface area contributed by atoms with E-state index in [1.165, 1.54) is 17.5 Å². The van der Waals surface area contributed by atoms with Gasteiger partial charge < -0.3 is 9.64 Å². The van der Waals surface area contributed by atoms with Gasteiger partial charge in [-0.15, -0.1) is 0 Å². The van der Waals surface area contributed by atoms with E-state index in [0.29, 0.717) is 0 Å². The van der Waals surface area contributed by atoms with Gasteiger partial charge in [-0.25, -0.2) is 9.67 Å². The lowest BCUT2D eigenvalue weighted by Gasteiger charge is -2.36. The fourth-order valence-corrected chi connectivity index (χ4v) is 3.52. The summed E-state index contributed by atoms with van der Waals surface area (Å²) in [4.78, 5) is 20.8. The maximum atomic E-state index is 12.6. The third kappa shape index (κ3) is 3.37. The largest absolute Gasteiger partial charge is 0.493 e. The Bertz CT molecular complexity index is 738. The molecule has 1 aromatic carbocycles. The number of amides is 1. The molecule has 3 heterocycles. The second-order valence-electron chi connectivity index (χ2n) is 6.69. The maximum absolute atomic E-state index is 12.6. The summed E-state index contributed by atoms with van der Waals surface area (Å²) < 4.78 is 7.18. The van der Waals surface area contributed by atoms with Crippen LogP contribution in [0.15, 0.2) is 30.9 Å². The van der Waals surface area contributed by atoms with Crippen molar-refractivity contribution in [3.8, 4) is 5.75 Å². The minimum absolute atomic E-state index is 0.111. The fraction of sp³-hybridized carbons (Fsp3) is 0.500. The Labute approximate surface area is 147 Å². The molecular weight excluding hydrogens is 318 g/mol. The van der Waals surface area contributed by atoms with Crippen molar-refractivity contribution < 1.29 is 9.53 Å². The monoisotopic (exact) mass is 341 g/mol. The molecule has 1 aromatic heterocycles. The average Bonchev–Trinajstić information content (AvgIpc) is 3.32. The number of hydrogen-bond acceptors (Lipinski definition) is 5. The second kappa shape index (κ2) is 6.84. The zero-order valence-electron chi connectivity index (χ0n) is 14.5. The number of benzene rings is 1. The van der Waals surface area contributed by atoms with Gasteiger partial charge in [0.05, 0.1) is 6.61 Å². The molecule has 1 fully saturated rings. The van der Waals surface area contributed by atoms with E-state index in [1.54, 1.807) is 11.0 Å². The van der Waals surface area contributed by atoms with E-state index in [1.807, 2.05) is 11.8 Å². The van der Waals surface area contributed by atoms with Crippen LogP contribution in [0.5, 0.6) is 5.75 Å². The van der Waals surface area contributed by atoms with Crippen LogP contribution in [0.4, 0.5) is 0 Å². The van der Waals surface area contributed by atoms with E-state index in [2.05, 4.69) is 33.2 Å². The molecule has 0 unspecified atom stereocenters. The van der Waals surface area contributed by atoms with Gasteiger partial charge in [0.1, 0.15) is 24.4 Å². The summed E-state index contributed by atoms with van der Waals surface area (Å²) in [7, 11) is 0. The smallest absolute Gasteiger partial charge is 0.247 e. The average molecular weight is 341 g/mol. The predicted molar refractivity (Wildman–Crippen MR) is 92.2 cm³/mol. The minimum atomic E-state index is -0.300. The molecule has 1 amide bonds. The van der Waals surface area contributed by atoms with Crippen molar-refractivity contribution in [1.82, 2.24) is 24.6 Å². The molecule has 132 valence electrons. The van der Waals surface area contributed by atoms with E-state index in [4.69, 9.17) is 4.74 Å². The number of ether oxygens (including phenoxy) is 1. The van der Waals surface area contributed by atoms with Gasteiger partial charge in [0.15, 0.2) is 0 Å². The van der Waals surface area contributed by atoms with Crippen LogP contribution in [0, 0.1) is 0 Å². The highest BCUT2D eigenvalue weighted by Gasteiger charge is 2.26. The van der Waals surface area contributed by atoms with Gasteiger partial charge >= 0.3 is 0 Å². The van der Waals surface area contributed by atoms with Crippen molar-refractivity contribution in [2.75, 3.05) is 32.8 Å². The van der Waals surface area contributed by atoms with Gasteiger partial charge in [-0.05, 0) is 24.1 Å². The van der Waals surface area contributed by atoms with Gasteiger partial charge in [-0.2, -0.15) is 5.10 Å². The molecule has 0 radical (unpaired) electrons. The lowest BCUT2D eigenvalue weighted by atomic mass is 10.1. The molecule has 1 saturated heterocycles. The summed E-state index contributed by atoms with van der Waals surface area (Å²) >= 11 is 0. The number of rotatable bonds is 4. The highest BCUT2D eigenvalue weighted by Crippen LogP contribution is 2.26. The normalized spacial score (nSPS) is 18.7. The van der Waals surface area contributed by atoms with Gasteiger partial charge in [0.2, 0.25) is 5.91 Å². The third-order valence-electron chi connectivity index (χ3n) is 5.03. The molecule has 7 nitrogen and oxygen atoms in total.